The van der Waals surface area contributed by atoms with Gasteiger partial charge in [-0.1, -0.05) is 0 Å². The molecule has 0 spiro atoms. The summed E-state index contributed by atoms with van der Waals surface area (Å²) >= 11 is 0. The summed E-state index contributed by atoms with van der Waals surface area (Å²) in [6.45, 7) is 2.40. The second-order valence-electron chi connectivity index (χ2n) is 5.01. The fourth-order valence-corrected chi connectivity index (χ4v) is 2.55. The van der Waals surface area contributed by atoms with Gasteiger partial charge in [0.25, 0.3) is 0 Å². The maximum absolute atomic E-state index is 12.8. The minimum atomic E-state index is -0.494. The molecule has 1 aromatic carbocycles. The first-order valence-electron chi connectivity index (χ1n) is 6.83. The maximum atomic E-state index is 12.8. The van der Waals surface area contributed by atoms with Gasteiger partial charge in [-0.25, -0.2) is 4.39 Å². The van der Waals surface area contributed by atoms with Gasteiger partial charge < -0.3 is 14.6 Å². The number of hydrogen-bond acceptors (Lipinski definition) is 4. The number of carbonyl (C=O) groups excluding carboxylic acids is 1. The van der Waals surface area contributed by atoms with Crippen LogP contribution in [0, 0.1) is 17.7 Å². The lowest BCUT2D eigenvalue weighted by Crippen LogP contribution is -2.25. The molecule has 1 fully saturated rings. The standard InChI is InChI=1S/C15H19FO4/c1-2-19-15(18)14-8-12(17)7-10(14)9-20-13-5-3-11(16)4-6-13/h3-6,10,12,14,17H,2,7-9H2,1H3/t10-,12?,14+/m0/s1. The van der Waals surface area contributed by atoms with Crippen molar-refractivity contribution in [3.63, 3.8) is 0 Å². The molecule has 1 aliphatic carbocycles. The fourth-order valence-electron chi connectivity index (χ4n) is 2.55. The number of halogens is 1. The number of aliphatic hydroxyl groups excluding tert-OH is 1. The van der Waals surface area contributed by atoms with Crippen LogP contribution < -0.4 is 4.74 Å². The normalized spacial score (nSPS) is 25.4. The summed E-state index contributed by atoms with van der Waals surface area (Å²) in [5, 5.41) is 9.71. The minimum Gasteiger partial charge on any atom is -0.493 e. The van der Waals surface area contributed by atoms with Gasteiger partial charge in [0.1, 0.15) is 11.6 Å². The van der Waals surface area contributed by atoms with Gasteiger partial charge in [0.15, 0.2) is 0 Å². The van der Waals surface area contributed by atoms with Crippen molar-refractivity contribution >= 4 is 5.97 Å². The Hall–Kier alpha value is -1.62. The molecule has 0 aromatic heterocycles. The summed E-state index contributed by atoms with van der Waals surface area (Å²) in [7, 11) is 0. The third-order valence-electron chi connectivity index (χ3n) is 3.54. The van der Waals surface area contributed by atoms with Crippen LogP contribution in [-0.4, -0.2) is 30.4 Å². The van der Waals surface area contributed by atoms with Gasteiger partial charge in [-0.05, 0) is 44.0 Å². The number of rotatable bonds is 5. The monoisotopic (exact) mass is 282 g/mol. The van der Waals surface area contributed by atoms with Crippen LogP contribution in [-0.2, 0) is 9.53 Å². The molecule has 0 bridgehead atoms. The number of esters is 1. The molecule has 110 valence electrons. The SMILES string of the molecule is CCOC(=O)[C@@H]1CC(O)C[C@H]1COc1ccc(F)cc1. The molecule has 0 amide bonds. The van der Waals surface area contributed by atoms with Gasteiger partial charge in [-0.15, -0.1) is 0 Å². The fraction of sp³-hybridized carbons (Fsp3) is 0.533. The van der Waals surface area contributed by atoms with Gasteiger partial charge in [0.2, 0.25) is 0 Å². The topological polar surface area (TPSA) is 55.8 Å². The Morgan fingerprint density at radius 1 is 1.35 bits per heavy atom. The smallest absolute Gasteiger partial charge is 0.309 e. The molecule has 20 heavy (non-hydrogen) atoms. The van der Waals surface area contributed by atoms with E-state index in [2.05, 4.69) is 0 Å². The van der Waals surface area contributed by atoms with Crippen molar-refractivity contribution in [1.82, 2.24) is 0 Å². The zero-order chi connectivity index (χ0) is 14.5. The number of benzene rings is 1. The van der Waals surface area contributed by atoms with E-state index < -0.39 is 6.10 Å². The first-order chi connectivity index (χ1) is 9.60. The third-order valence-corrected chi connectivity index (χ3v) is 3.54. The van der Waals surface area contributed by atoms with Crippen molar-refractivity contribution in [1.29, 1.82) is 0 Å². The van der Waals surface area contributed by atoms with Crippen LogP contribution in [0.25, 0.3) is 0 Å². The highest BCUT2D eigenvalue weighted by Crippen LogP contribution is 2.33. The van der Waals surface area contributed by atoms with Crippen LogP contribution in [0.3, 0.4) is 0 Å². The van der Waals surface area contributed by atoms with Crippen LogP contribution in [0.2, 0.25) is 0 Å². The van der Waals surface area contributed by atoms with Crippen molar-refractivity contribution < 1.29 is 23.8 Å². The average molecular weight is 282 g/mol. The molecule has 1 saturated carbocycles. The van der Waals surface area contributed by atoms with Crippen molar-refractivity contribution in [3.05, 3.63) is 30.1 Å². The predicted molar refractivity (Wildman–Crippen MR) is 70.7 cm³/mol. The Morgan fingerprint density at radius 2 is 2.05 bits per heavy atom. The summed E-state index contributed by atoms with van der Waals surface area (Å²) in [4.78, 5) is 11.8. The van der Waals surface area contributed by atoms with Gasteiger partial charge in [-0.2, -0.15) is 0 Å². The summed E-state index contributed by atoms with van der Waals surface area (Å²) in [6, 6.07) is 5.73. The highest BCUT2D eigenvalue weighted by Gasteiger charge is 2.39. The molecule has 4 nitrogen and oxygen atoms in total. The second kappa shape index (κ2) is 6.70. The van der Waals surface area contributed by atoms with Gasteiger partial charge in [0, 0.05) is 5.92 Å². The van der Waals surface area contributed by atoms with E-state index in [-0.39, 0.29) is 23.6 Å². The first kappa shape index (κ1) is 14.8. The Morgan fingerprint density at radius 3 is 2.70 bits per heavy atom. The highest BCUT2D eigenvalue weighted by molar-refractivity contribution is 5.73. The van der Waals surface area contributed by atoms with Crippen molar-refractivity contribution in [2.24, 2.45) is 11.8 Å². The van der Waals surface area contributed by atoms with Gasteiger partial charge in [0.05, 0.1) is 25.2 Å². The van der Waals surface area contributed by atoms with E-state index in [1.165, 1.54) is 12.1 Å². The van der Waals surface area contributed by atoms with Gasteiger partial charge in [-0.3, -0.25) is 4.79 Å². The van der Waals surface area contributed by atoms with E-state index in [4.69, 9.17) is 9.47 Å². The molecular formula is C15H19FO4. The highest BCUT2D eigenvalue weighted by atomic mass is 19.1. The molecule has 3 atom stereocenters. The summed E-state index contributed by atoms with van der Waals surface area (Å²) in [5.74, 6) is -0.454. The van der Waals surface area contributed by atoms with E-state index in [0.717, 1.165) is 0 Å². The van der Waals surface area contributed by atoms with Gasteiger partial charge >= 0.3 is 5.97 Å². The molecule has 2 rings (SSSR count). The van der Waals surface area contributed by atoms with Crippen LogP contribution in [0.4, 0.5) is 4.39 Å². The Balaban J connectivity index is 1.92. The zero-order valence-corrected chi connectivity index (χ0v) is 11.4. The zero-order valence-electron chi connectivity index (χ0n) is 11.4. The molecule has 1 aromatic rings. The maximum Gasteiger partial charge on any atom is 0.309 e. The summed E-state index contributed by atoms with van der Waals surface area (Å²) in [6.07, 6.45) is 0.437. The molecule has 1 aliphatic rings. The molecule has 1 unspecified atom stereocenters. The predicted octanol–water partition coefficient (Wildman–Crippen LogP) is 2.15. The summed E-state index contributed by atoms with van der Waals surface area (Å²) < 4.78 is 23.4. The lowest BCUT2D eigenvalue weighted by Gasteiger charge is -2.18. The number of hydrogen-bond donors (Lipinski definition) is 1. The first-order valence-corrected chi connectivity index (χ1v) is 6.83. The Labute approximate surface area is 117 Å². The van der Waals surface area contributed by atoms with E-state index in [0.29, 0.717) is 31.8 Å². The van der Waals surface area contributed by atoms with Crippen molar-refractivity contribution in [2.45, 2.75) is 25.9 Å². The van der Waals surface area contributed by atoms with E-state index >= 15 is 0 Å². The largest absolute Gasteiger partial charge is 0.493 e. The average Bonchev–Trinajstić information content (AvgIpc) is 2.80. The quantitative estimate of drug-likeness (QED) is 0.841. The Bertz CT molecular complexity index is 446. The molecule has 0 heterocycles. The molecular weight excluding hydrogens is 263 g/mol. The van der Waals surface area contributed by atoms with E-state index in [1.54, 1.807) is 19.1 Å². The van der Waals surface area contributed by atoms with E-state index in [1.807, 2.05) is 0 Å². The summed E-state index contributed by atoms with van der Waals surface area (Å²) in [5.41, 5.74) is 0. The number of aliphatic hydroxyl groups is 1. The molecule has 1 N–H and O–H groups in total. The molecule has 0 aliphatic heterocycles. The van der Waals surface area contributed by atoms with E-state index in [9.17, 15) is 14.3 Å². The minimum absolute atomic E-state index is 0.0749. The molecule has 0 saturated heterocycles. The van der Waals surface area contributed by atoms with Crippen LogP contribution in [0.1, 0.15) is 19.8 Å². The second-order valence-corrected chi connectivity index (χ2v) is 5.01. The number of carbonyl (C=O) groups is 1. The van der Waals surface area contributed by atoms with Crippen LogP contribution in [0.15, 0.2) is 24.3 Å². The molecule has 0 radical (unpaired) electrons. The lowest BCUT2D eigenvalue weighted by atomic mass is 9.97. The Kier molecular flexibility index (Phi) is 4.95. The van der Waals surface area contributed by atoms with Crippen LogP contribution >= 0.6 is 0 Å². The number of ether oxygens (including phenoxy) is 2. The molecule has 5 heteroatoms. The lowest BCUT2D eigenvalue weighted by molar-refractivity contribution is -0.149. The third kappa shape index (κ3) is 3.70. The van der Waals surface area contributed by atoms with Crippen LogP contribution in [0.5, 0.6) is 5.75 Å². The van der Waals surface area contributed by atoms with Crippen molar-refractivity contribution in [2.75, 3.05) is 13.2 Å². The van der Waals surface area contributed by atoms with Crippen molar-refractivity contribution in [3.8, 4) is 5.75 Å².